The number of nitrogens with one attached hydrogen (secondary N) is 1. The molecular formula is C19H22N4. The van der Waals surface area contributed by atoms with Crippen molar-refractivity contribution in [3.05, 3.63) is 59.3 Å². The minimum atomic E-state index is 0.379. The van der Waals surface area contributed by atoms with Crippen molar-refractivity contribution < 1.29 is 0 Å². The summed E-state index contributed by atoms with van der Waals surface area (Å²) in [7, 11) is 0. The molecule has 0 radical (unpaired) electrons. The minimum Gasteiger partial charge on any atom is -0.357 e. The van der Waals surface area contributed by atoms with Crippen molar-refractivity contribution in [2.24, 2.45) is 0 Å². The van der Waals surface area contributed by atoms with Crippen molar-refractivity contribution in [3.63, 3.8) is 0 Å². The van der Waals surface area contributed by atoms with Gasteiger partial charge in [0, 0.05) is 43.0 Å². The summed E-state index contributed by atoms with van der Waals surface area (Å²) in [5, 5.41) is 1.28. The Balaban J connectivity index is 1.54. The third-order valence-electron chi connectivity index (χ3n) is 4.54. The van der Waals surface area contributed by atoms with Crippen molar-refractivity contribution in [1.29, 1.82) is 0 Å². The first-order chi connectivity index (χ1) is 11.2. The van der Waals surface area contributed by atoms with E-state index in [2.05, 4.69) is 59.0 Å². The van der Waals surface area contributed by atoms with Crippen LogP contribution >= 0.6 is 0 Å². The Labute approximate surface area is 136 Å². The molecule has 118 valence electrons. The average Bonchev–Trinajstić information content (AvgIpc) is 2.96. The van der Waals surface area contributed by atoms with E-state index in [9.17, 15) is 0 Å². The molecule has 0 aliphatic carbocycles. The van der Waals surface area contributed by atoms with Crippen LogP contribution in [0.1, 0.15) is 42.5 Å². The molecule has 1 aromatic carbocycles. The molecule has 3 heterocycles. The summed E-state index contributed by atoms with van der Waals surface area (Å²) >= 11 is 0. The number of hydrogen-bond donors (Lipinski definition) is 1. The third kappa shape index (κ3) is 2.86. The van der Waals surface area contributed by atoms with Gasteiger partial charge in [-0.05, 0) is 29.5 Å². The SMILES string of the molecule is CC(C)c1ncc2c(n1)CN(Cc1cc3ccccc3[nH]1)CC2. The van der Waals surface area contributed by atoms with E-state index in [0.717, 1.165) is 31.9 Å². The van der Waals surface area contributed by atoms with Crippen molar-refractivity contribution in [1.82, 2.24) is 19.9 Å². The molecule has 2 aromatic heterocycles. The van der Waals surface area contributed by atoms with E-state index < -0.39 is 0 Å². The van der Waals surface area contributed by atoms with Gasteiger partial charge in [-0.15, -0.1) is 0 Å². The molecule has 0 amide bonds. The topological polar surface area (TPSA) is 44.8 Å². The number of hydrogen-bond acceptors (Lipinski definition) is 3. The van der Waals surface area contributed by atoms with E-state index in [4.69, 9.17) is 4.98 Å². The van der Waals surface area contributed by atoms with Gasteiger partial charge in [-0.2, -0.15) is 0 Å². The Bertz CT molecular complexity index is 801. The van der Waals surface area contributed by atoms with Gasteiger partial charge in [-0.1, -0.05) is 32.0 Å². The van der Waals surface area contributed by atoms with Crippen LogP contribution in [-0.2, 0) is 19.5 Å². The summed E-state index contributed by atoms with van der Waals surface area (Å²) in [6.07, 6.45) is 3.06. The van der Waals surface area contributed by atoms with Gasteiger partial charge >= 0.3 is 0 Å². The van der Waals surface area contributed by atoms with E-state index in [0.29, 0.717) is 5.92 Å². The lowest BCUT2D eigenvalue weighted by Gasteiger charge is -2.27. The first-order valence-electron chi connectivity index (χ1n) is 8.33. The van der Waals surface area contributed by atoms with Gasteiger partial charge in [0.15, 0.2) is 0 Å². The highest BCUT2D eigenvalue weighted by Gasteiger charge is 2.19. The summed E-state index contributed by atoms with van der Waals surface area (Å²) in [5.41, 5.74) is 4.99. The second kappa shape index (κ2) is 5.78. The first-order valence-corrected chi connectivity index (χ1v) is 8.33. The molecular weight excluding hydrogens is 284 g/mol. The zero-order valence-electron chi connectivity index (χ0n) is 13.7. The van der Waals surface area contributed by atoms with Crippen molar-refractivity contribution in [3.8, 4) is 0 Å². The van der Waals surface area contributed by atoms with Crippen LogP contribution in [0.15, 0.2) is 36.5 Å². The summed E-state index contributed by atoms with van der Waals surface area (Å²) in [5.74, 6) is 1.33. The second-order valence-electron chi connectivity index (χ2n) is 6.70. The van der Waals surface area contributed by atoms with Crippen LogP contribution < -0.4 is 0 Å². The maximum atomic E-state index is 4.78. The number of aromatic nitrogens is 3. The number of rotatable bonds is 3. The van der Waals surface area contributed by atoms with E-state index >= 15 is 0 Å². The third-order valence-corrected chi connectivity index (χ3v) is 4.54. The van der Waals surface area contributed by atoms with Crippen LogP contribution in [-0.4, -0.2) is 26.4 Å². The molecule has 0 saturated carbocycles. The van der Waals surface area contributed by atoms with Crippen molar-refractivity contribution >= 4 is 10.9 Å². The normalized spacial score (nSPS) is 15.3. The summed E-state index contributed by atoms with van der Waals surface area (Å²) in [6.45, 7) is 7.20. The average molecular weight is 306 g/mol. The summed E-state index contributed by atoms with van der Waals surface area (Å²) < 4.78 is 0. The highest BCUT2D eigenvalue weighted by Crippen LogP contribution is 2.22. The Morgan fingerprint density at radius 2 is 2.13 bits per heavy atom. The molecule has 3 aromatic rings. The number of aromatic amines is 1. The largest absolute Gasteiger partial charge is 0.357 e. The molecule has 0 unspecified atom stereocenters. The van der Waals surface area contributed by atoms with Gasteiger partial charge in [-0.3, -0.25) is 4.90 Å². The van der Waals surface area contributed by atoms with E-state index in [1.54, 1.807) is 0 Å². The maximum absolute atomic E-state index is 4.78. The maximum Gasteiger partial charge on any atom is 0.131 e. The Kier molecular flexibility index (Phi) is 3.62. The molecule has 1 N–H and O–H groups in total. The zero-order valence-corrected chi connectivity index (χ0v) is 13.7. The zero-order chi connectivity index (χ0) is 15.8. The molecule has 0 saturated heterocycles. The highest BCUT2D eigenvalue weighted by atomic mass is 15.1. The number of benzene rings is 1. The summed E-state index contributed by atoms with van der Waals surface area (Å²) in [4.78, 5) is 15.3. The summed E-state index contributed by atoms with van der Waals surface area (Å²) in [6, 6.07) is 10.7. The van der Waals surface area contributed by atoms with Gasteiger partial charge in [0.2, 0.25) is 0 Å². The molecule has 0 bridgehead atoms. The van der Waals surface area contributed by atoms with Gasteiger partial charge in [0.1, 0.15) is 5.82 Å². The standard InChI is InChI=1S/C19H22N4/c1-13(2)19-20-10-15-7-8-23(12-18(15)22-19)11-16-9-14-5-3-4-6-17(14)21-16/h3-6,9-10,13,21H,7-8,11-12H2,1-2H3. The predicted molar refractivity (Wildman–Crippen MR) is 92.2 cm³/mol. The molecule has 0 fully saturated rings. The van der Waals surface area contributed by atoms with Crippen LogP contribution in [0.3, 0.4) is 0 Å². The van der Waals surface area contributed by atoms with Crippen molar-refractivity contribution in [2.45, 2.75) is 39.3 Å². The number of fused-ring (bicyclic) bond motifs is 2. The van der Waals surface area contributed by atoms with Crippen LogP contribution in [0.2, 0.25) is 0 Å². The fourth-order valence-electron chi connectivity index (χ4n) is 3.25. The molecule has 4 nitrogen and oxygen atoms in total. The van der Waals surface area contributed by atoms with Gasteiger partial charge in [0.05, 0.1) is 5.69 Å². The number of para-hydroxylation sites is 1. The second-order valence-corrected chi connectivity index (χ2v) is 6.70. The van der Waals surface area contributed by atoms with Gasteiger partial charge in [-0.25, -0.2) is 9.97 Å². The lowest BCUT2D eigenvalue weighted by atomic mass is 10.1. The van der Waals surface area contributed by atoms with Gasteiger partial charge < -0.3 is 4.98 Å². The van der Waals surface area contributed by atoms with Gasteiger partial charge in [0.25, 0.3) is 0 Å². The molecule has 1 aliphatic heterocycles. The predicted octanol–water partition coefficient (Wildman–Crippen LogP) is 3.64. The highest BCUT2D eigenvalue weighted by molar-refractivity contribution is 5.80. The molecule has 0 atom stereocenters. The van der Waals surface area contributed by atoms with Crippen LogP contribution in [0.5, 0.6) is 0 Å². The van der Waals surface area contributed by atoms with E-state index in [-0.39, 0.29) is 0 Å². The van der Waals surface area contributed by atoms with E-state index in [1.165, 1.54) is 27.9 Å². The van der Waals surface area contributed by atoms with Crippen LogP contribution in [0.4, 0.5) is 0 Å². The Morgan fingerprint density at radius 3 is 2.96 bits per heavy atom. The molecule has 4 heteroatoms. The number of H-pyrrole nitrogens is 1. The van der Waals surface area contributed by atoms with Crippen LogP contribution in [0.25, 0.3) is 10.9 Å². The quantitative estimate of drug-likeness (QED) is 0.803. The Morgan fingerprint density at radius 1 is 1.26 bits per heavy atom. The monoisotopic (exact) mass is 306 g/mol. The molecule has 23 heavy (non-hydrogen) atoms. The van der Waals surface area contributed by atoms with Crippen molar-refractivity contribution in [2.75, 3.05) is 6.54 Å². The minimum absolute atomic E-state index is 0.379. The molecule has 1 aliphatic rings. The first kappa shape index (κ1) is 14.4. The fraction of sp³-hybridized carbons (Fsp3) is 0.368. The van der Waals surface area contributed by atoms with Crippen LogP contribution in [0, 0.1) is 0 Å². The lowest BCUT2D eigenvalue weighted by molar-refractivity contribution is 0.238. The smallest absolute Gasteiger partial charge is 0.131 e. The van der Waals surface area contributed by atoms with E-state index in [1.807, 2.05) is 6.20 Å². The number of nitrogens with zero attached hydrogens (tertiary/aromatic N) is 3. The molecule has 0 spiro atoms. The Hall–Kier alpha value is -2.20. The molecule has 4 rings (SSSR count). The lowest BCUT2D eigenvalue weighted by Crippen LogP contribution is -2.31. The fourth-order valence-corrected chi connectivity index (χ4v) is 3.25.